The topological polar surface area (TPSA) is 46.5 Å². The summed E-state index contributed by atoms with van der Waals surface area (Å²) in [5, 5.41) is 8.18. The normalized spacial score (nSPS) is 10.4. The van der Waals surface area contributed by atoms with Crippen LogP contribution in [0.1, 0.15) is 5.56 Å². The van der Waals surface area contributed by atoms with Gasteiger partial charge in [0.05, 0.1) is 0 Å². The van der Waals surface area contributed by atoms with Crippen molar-refractivity contribution >= 4 is 28.2 Å². The quantitative estimate of drug-likeness (QED) is 0.846. The van der Waals surface area contributed by atoms with E-state index in [2.05, 4.69) is 20.7 Å². The van der Waals surface area contributed by atoms with Crippen LogP contribution >= 0.6 is 15.9 Å². The SMILES string of the molecule is O=C(O)OCC=Cc1ccc(Br)cc1. The van der Waals surface area contributed by atoms with Crippen LogP contribution in [-0.4, -0.2) is 17.9 Å². The van der Waals surface area contributed by atoms with Gasteiger partial charge in [-0.15, -0.1) is 0 Å². The highest BCUT2D eigenvalue weighted by molar-refractivity contribution is 9.10. The molecule has 0 saturated heterocycles. The molecule has 0 atom stereocenters. The van der Waals surface area contributed by atoms with Crippen molar-refractivity contribution in [2.24, 2.45) is 0 Å². The maximum absolute atomic E-state index is 9.99. The molecule has 4 heteroatoms. The maximum Gasteiger partial charge on any atom is 0.506 e. The molecule has 3 nitrogen and oxygen atoms in total. The van der Waals surface area contributed by atoms with E-state index in [0.717, 1.165) is 10.0 Å². The molecule has 0 aliphatic carbocycles. The number of hydrogen-bond donors (Lipinski definition) is 1. The highest BCUT2D eigenvalue weighted by Gasteiger charge is 1.91. The first kappa shape index (κ1) is 10.8. The molecular formula is C10H9BrO3. The summed E-state index contributed by atoms with van der Waals surface area (Å²) in [6, 6.07) is 7.66. The number of rotatable bonds is 3. The van der Waals surface area contributed by atoms with Crippen LogP contribution in [0.5, 0.6) is 0 Å². The molecule has 0 radical (unpaired) electrons. The van der Waals surface area contributed by atoms with E-state index >= 15 is 0 Å². The summed E-state index contributed by atoms with van der Waals surface area (Å²) in [5.74, 6) is 0. The average Bonchev–Trinajstić information content (AvgIpc) is 2.15. The number of carboxylic acid groups (broad SMARTS) is 1. The highest BCUT2D eigenvalue weighted by Crippen LogP contribution is 2.11. The van der Waals surface area contributed by atoms with Crippen molar-refractivity contribution in [3.05, 3.63) is 40.4 Å². The van der Waals surface area contributed by atoms with Gasteiger partial charge in [-0.25, -0.2) is 4.79 Å². The van der Waals surface area contributed by atoms with Gasteiger partial charge in [0.25, 0.3) is 0 Å². The zero-order valence-corrected chi connectivity index (χ0v) is 8.90. The monoisotopic (exact) mass is 256 g/mol. The summed E-state index contributed by atoms with van der Waals surface area (Å²) in [6.45, 7) is 0.0748. The molecular weight excluding hydrogens is 248 g/mol. The van der Waals surface area contributed by atoms with E-state index in [9.17, 15) is 4.79 Å². The van der Waals surface area contributed by atoms with E-state index in [1.54, 1.807) is 12.2 Å². The number of ether oxygens (including phenoxy) is 1. The van der Waals surface area contributed by atoms with Gasteiger partial charge in [0.15, 0.2) is 0 Å². The first-order chi connectivity index (χ1) is 6.68. The van der Waals surface area contributed by atoms with Crippen LogP contribution < -0.4 is 0 Å². The largest absolute Gasteiger partial charge is 0.506 e. The Balaban J connectivity index is 2.44. The zero-order chi connectivity index (χ0) is 10.4. The Kier molecular flexibility index (Phi) is 4.19. The molecule has 74 valence electrons. The smallest absolute Gasteiger partial charge is 0.450 e. The van der Waals surface area contributed by atoms with Gasteiger partial charge < -0.3 is 9.84 Å². The predicted octanol–water partition coefficient (Wildman–Crippen LogP) is 3.16. The molecule has 14 heavy (non-hydrogen) atoms. The van der Waals surface area contributed by atoms with Crippen LogP contribution in [0, 0.1) is 0 Å². The lowest BCUT2D eigenvalue weighted by molar-refractivity contribution is 0.102. The average molecular weight is 257 g/mol. The van der Waals surface area contributed by atoms with Gasteiger partial charge >= 0.3 is 6.16 Å². The van der Waals surface area contributed by atoms with Crippen LogP contribution in [0.4, 0.5) is 4.79 Å². The minimum Gasteiger partial charge on any atom is -0.450 e. The second-order valence-electron chi connectivity index (χ2n) is 2.53. The third-order valence-corrected chi connectivity index (χ3v) is 2.01. The molecule has 0 bridgehead atoms. The van der Waals surface area contributed by atoms with Crippen molar-refractivity contribution in [2.75, 3.05) is 6.61 Å². The van der Waals surface area contributed by atoms with Crippen LogP contribution in [-0.2, 0) is 4.74 Å². The number of benzene rings is 1. The van der Waals surface area contributed by atoms with Gasteiger partial charge in [-0.1, -0.05) is 34.1 Å². The Morgan fingerprint density at radius 3 is 2.64 bits per heavy atom. The van der Waals surface area contributed by atoms with Crippen molar-refractivity contribution in [1.29, 1.82) is 0 Å². The number of carbonyl (C=O) groups is 1. The van der Waals surface area contributed by atoms with E-state index < -0.39 is 6.16 Å². The second-order valence-corrected chi connectivity index (χ2v) is 3.45. The molecule has 1 rings (SSSR count). The third-order valence-electron chi connectivity index (χ3n) is 1.48. The summed E-state index contributed by atoms with van der Waals surface area (Å²) < 4.78 is 5.32. The van der Waals surface area contributed by atoms with E-state index in [4.69, 9.17) is 5.11 Å². The van der Waals surface area contributed by atoms with Gasteiger partial charge in [0, 0.05) is 4.47 Å². The van der Waals surface area contributed by atoms with Gasteiger partial charge in [0.1, 0.15) is 6.61 Å². The minimum absolute atomic E-state index is 0.0748. The number of hydrogen-bond acceptors (Lipinski definition) is 2. The zero-order valence-electron chi connectivity index (χ0n) is 7.31. The van der Waals surface area contributed by atoms with Gasteiger partial charge in [0.2, 0.25) is 0 Å². The fourth-order valence-corrected chi connectivity index (χ4v) is 1.14. The fourth-order valence-electron chi connectivity index (χ4n) is 0.877. The summed E-state index contributed by atoms with van der Waals surface area (Å²) in [4.78, 5) is 9.99. The first-order valence-electron chi connectivity index (χ1n) is 3.96. The number of halogens is 1. The van der Waals surface area contributed by atoms with E-state index in [1.807, 2.05) is 24.3 Å². The summed E-state index contributed by atoms with van der Waals surface area (Å²) in [7, 11) is 0. The molecule has 0 heterocycles. The van der Waals surface area contributed by atoms with Crippen LogP contribution in [0.25, 0.3) is 6.08 Å². The second kappa shape index (κ2) is 5.44. The molecule has 0 unspecified atom stereocenters. The lowest BCUT2D eigenvalue weighted by Gasteiger charge is -1.94. The Labute approximate surface area is 90.1 Å². The molecule has 1 N–H and O–H groups in total. The molecule has 0 amide bonds. The van der Waals surface area contributed by atoms with E-state index in [1.165, 1.54) is 0 Å². The molecule has 0 aliphatic rings. The van der Waals surface area contributed by atoms with E-state index in [0.29, 0.717) is 0 Å². The fraction of sp³-hybridized carbons (Fsp3) is 0.100. The lowest BCUT2D eigenvalue weighted by Crippen LogP contribution is -1.98. The molecule has 0 saturated carbocycles. The molecule has 0 spiro atoms. The summed E-state index contributed by atoms with van der Waals surface area (Å²) >= 11 is 3.32. The lowest BCUT2D eigenvalue weighted by atomic mass is 10.2. The summed E-state index contributed by atoms with van der Waals surface area (Å²) in [6.07, 6.45) is 2.19. The van der Waals surface area contributed by atoms with Gasteiger partial charge in [-0.2, -0.15) is 0 Å². The Bertz CT molecular complexity index is 330. The minimum atomic E-state index is -1.26. The molecule has 0 fully saturated rings. The predicted molar refractivity (Wildman–Crippen MR) is 57.2 cm³/mol. The van der Waals surface area contributed by atoms with Crippen molar-refractivity contribution in [3.8, 4) is 0 Å². The molecule has 1 aromatic rings. The molecule has 1 aromatic carbocycles. The van der Waals surface area contributed by atoms with Crippen LogP contribution in [0.3, 0.4) is 0 Å². The maximum atomic E-state index is 9.99. The third kappa shape index (κ3) is 4.09. The van der Waals surface area contributed by atoms with Crippen LogP contribution in [0.2, 0.25) is 0 Å². The first-order valence-corrected chi connectivity index (χ1v) is 4.75. The molecule has 0 aromatic heterocycles. The Morgan fingerprint density at radius 2 is 2.07 bits per heavy atom. The Hall–Kier alpha value is -1.29. The standard InChI is InChI=1S/C10H9BrO3/c11-9-5-3-8(4-6-9)2-1-7-14-10(12)13/h1-6H,7H2,(H,12,13). The van der Waals surface area contributed by atoms with Crippen LogP contribution in [0.15, 0.2) is 34.8 Å². The van der Waals surface area contributed by atoms with Gasteiger partial charge in [-0.05, 0) is 23.8 Å². The molecule has 0 aliphatic heterocycles. The van der Waals surface area contributed by atoms with Crippen molar-refractivity contribution < 1.29 is 14.6 Å². The van der Waals surface area contributed by atoms with Crippen molar-refractivity contribution in [1.82, 2.24) is 0 Å². The van der Waals surface area contributed by atoms with Crippen molar-refractivity contribution in [2.45, 2.75) is 0 Å². The summed E-state index contributed by atoms with van der Waals surface area (Å²) in [5.41, 5.74) is 1.00. The van der Waals surface area contributed by atoms with E-state index in [-0.39, 0.29) is 6.61 Å². The van der Waals surface area contributed by atoms with Gasteiger partial charge in [-0.3, -0.25) is 0 Å². The Morgan fingerprint density at radius 1 is 1.43 bits per heavy atom. The van der Waals surface area contributed by atoms with Crippen molar-refractivity contribution in [3.63, 3.8) is 0 Å². The highest BCUT2D eigenvalue weighted by atomic mass is 79.9.